The van der Waals surface area contributed by atoms with E-state index < -0.39 is 11.8 Å². The highest BCUT2D eigenvalue weighted by molar-refractivity contribution is 5.71. The van der Waals surface area contributed by atoms with E-state index in [4.69, 9.17) is 15.2 Å². The molecule has 0 aliphatic heterocycles. The van der Waals surface area contributed by atoms with Crippen LogP contribution >= 0.6 is 0 Å². The van der Waals surface area contributed by atoms with Crippen LogP contribution in [-0.2, 0) is 9.47 Å². The van der Waals surface area contributed by atoms with Crippen molar-refractivity contribution in [2.24, 2.45) is 5.73 Å². The molecule has 0 aromatic heterocycles. The topological polar surface area (TPSA) is 73.6 Å². The van der Waals surface area contributed by atoms with E-state index in [0.717, 1.165) is 25.7 Å². The Balaban J connectivity index is 4.16. The van der Waals surface area contributed by atoms with E-state index in [9.17, 15) is 4.79 Å². The Morgan fingerprint density at radius 2 is 1.39 bits per heavy atom. The molecule has 0 aliphatic carbocycles. The second-order valence-corrected chi connectivity index (χ2v) is 6.04. The van der Waals surface area contributed by atoms with Gasteiger partial charge in [0.1, 0.15) is 0 Å². The Bertz CT molecular complexity index is 279. The quantitative estimate of drug-likeness (QED) is 0.326. The minimum Gasteiger partial charge on any atom is -0.352 e. The summed E-state index contributed by atoms with van der Waals surface area (Å²) in [5.74, 6) is -0.508. The lowest BCUT2D eigenvalue weighted by molar-refractivity contribution is -0.241. The van der Waals surface area contributed by atoms with Gasteiger partial charge in [0.2, 0.25) is 0 Å². The number of rotatable bonds is 16. The van der Waals surface area contributed by atoms with Crippen LogP contribution in [0.4, 0.5) is 4.79 Å². The summed E-state index contributed by atoms with van der Waals surface area (Å²) >= 11 is 0. The molecule has 0 aromatic carbocycles. The first-order chi connectivity index (χ1) is 11.1. The van der Waals surface area contributed by atoms with Gasteiger partial charge in [-0.15, -0.1) is 0 Å². The zero-order valence-electron chi connectivity index (χ0n) is 15.5. The summed E-state index contributed by atoms with van der Waals surface area (Å²) in [6.07, 6.45) is 11.4. The predicted octanol–water partition coefficient (Wildman–Crippen LogP) is 4.34. The number of nitrogens with one attached hydrogen (secondary N) is 1. The molecule has 5 nitrogen and oxygen atoms in total. The lowest BCUT2D eigenvalue weighted by Gasteiger charge is -2.33. The number of carbonyl (C=O) groups excluding carboxylic acids is 1. The molecule has 0 heterocycles. The van der Waals surface area contributed by atoms with Crippen LogP contribution in [0.3, 0.4) is 0 Å². The summed E-state index contributed by atoms with van der Waals surface area (Å²) in [4.78, 5) is 10.7. The van der Waals surface area contributed by atoms with E-state index in [-0.39, 0.29) is 0 Å². The van der Waals surface area contributed by atoms with Crippen molar-refractivity contribution in [3.05, 3.63) is 0 Å². The number of carbonyl (C=O) groups is 1. The minimum absolute atomic E-state index is 0.476. The van der Waals surface area contributed by atoms with Crippen LogP contribution in [0.2, 0.25) is 0 Å². The molecule has 0 unspecified atom stereocenters. The van der Waals surface area contributed by atoms with Crippen molar-refractivity contribution in [2.45, 2.75) is 90.8 Å². The Morgan fingerprint density at radius 1 is 0.870 bits per heavy atom. The zero-order valence-corrected chi connectivity index (χ0v) is 15.5. The van der Waals surface area contributed by atoms with E-state index in [1.807, 2.05) is 13.8 Å². The second kappa shape index (κ2) is 14.8. The third-order valence-corrected chi connectivity index (χ3v) is 4.01. The van der Waals surface area contributed by atoms with Crippen LogP contribution < -0.4 is 11.1 Å². The van der Waals surface area contributed by atoms with Gasteiger partial charge in [0.15, 0.2) is 5.79 Å². The maximum Gasteiger partial charge on any atom is 0.312 e. The van der Waals surface area contributed by atoms with Crippen LogP contribution in [0.5, 0.6) is 0 Å². The monoisotopic (exact) mass is 330 g/mol. The minimum atomic E-state index is -0.508. The molecule has 138 valence electrons. The number of amides is 2. The van der Waals surface area contributed by atoms with Gasteiger partial charge in [-0.25, -0.2) is 4.79 Å². The number of ether oxygens (including phenoxy) is 2. The molecule has 2 amide bonds. The van der Waals surface area contributed by atoms with Gasteiger partial charge in [-0.3, -0.25) is 0 Å². The van der Waals surface area contributed by atoms with Gasteiger partial charge in [0.25, 0.3) is 0 Å². The number of primary amides is 1. The molecule has 0 atom stereocenters. The van der Waals surface area contributed by atoms with Crippen molar-refractivity contribution < 1.29 is 14.3 Å². The average Bonchev–Trinajstić information content (AvgIpc) is 2.51. The molecule has 0 rings (SSSR count). The number of hydrogen-bond donors (Lipinski definition) is 2. The van der Waals surface area contributed by atoms with Crippen molar-refractivity contribution in [1.29, 1.82) is 0 Å². The fraction of sp³-hybridized carbons (Fsp3) is 0.944. The molecule has 0 fully saturated rings. The summed E-state index contributed by atoms with van der Waals surface area (Å²) in [6.45, 7) is 8.08. The number of urea groups is 1. The first-order valence-electron chi connectivity index (χ1n) is 9.41. The van der Waals surface area contributed by atoms with Gasteiger partial charge in [-0.2, -0.15) is 0 Å². The van der Waals surface area contributed by atoms with E-state index in [1.54, 1.807) is 0 Å². The van der Waals surface area contributed by atoms with Crippen molar-refractivity contribution in [3.8, 4) is 0 Å². The van der Waals surface area contributed by atoms with E-state index in [1.165, 1.54) is 38.5 Å². The Kier molecular flexibility index (Phi) is 14.2. The summed E-state index contributed by atoms with van der Waals surface area (Å²) in [7, 11) is 0. The first kappa shape index (κ1) is 22.2. The van der Waals surface area contributed by atoms with Gasteiger partial charge < -0.3 is 20.5 Å². The fourth-order valence-corrected chi connectivity index (χ4v) is 2.90. The van der Waals surface area contributed by atoms with Gasteiger partial charge in [-0.05, 0) is 26.7 Å². The van der Waals surface area contributed by atoms with Crippen molar-refractivity contribution in [2.75, 3.05) is 19.8 Å². The third kappa shape index (κ3) is 12.3. The maximum absolute atomic E-state index is 10.7. The summed E-state index contributed by atoms with van der Waals surface area (Å²) in [5, 5.41) is 2.63. The van der Waals surface area contributed by atoms with Crippen LogP contribution in [0.1, 0.15) is 85.0 Å². The van der Waals surface area contributed by atoms with E-state index in [0.29, 0.717) is 19.8 Å². The number of hydrogen-bond acceptors (Lipinski definition) is 3. The molecule has 0 aliphatic rings. The van der Waals surface area contributed by atoms with E-state index in [2.05, 4.69) is 12.2 Å². The molecular weight excluding hydrogens is 292 g/mol. The van der Waals surface area contributed by atoms with E-state index >= 15 is 0 Å². The van der Waals surface area contributed by atoms with Crippen molar-refractivity contribution in [3.63, 3.8) is 0 Å². The molecule has 0 saturated heterocycles. The lowest BCUT2D eigenvalue weighted by Crippen LogP contribution is -2.38. The molecule has 0 saturated carbocycles. The highest BCUT2D eigenvalue weighted by Crippen LogP contribution is 2.27. The standard InChI is InChI=1S/C18H38N2O3/c1-4-7-8-9-10-11-12-14-18(22-5-2,23-6-3)15-13-16-20-17(19)21/h4-16H2,1-3H3,(H3,19,20,21). The first-order valence-corrected chi connectivity index (χ1v) is 9.41. The molecule has 23 heavy (non-hydrogen) atoms. The highest BCUT2D eigenvalue weighted by atomic mass is 16.7. The SMILES string of the molecule is CCCCCCCCCC(CCCNC(N)=O)(OCC)OCC. The molecule has 0 aromatic rings. The molecule has 3 N–H and O–H groups in total. The summed E-state index contributed by atoms with van der Waals surface area (Å²) in [5.41, 5.74) is 5.10. The Hall–Kier alpha value is -0.810. The largest absolute Gasteiger partial charge is 0.352 e. The van der Waals surface area contributed by atoms with Crippen molar-refractivity contribution >= 4 is 6.03 Å². The Morgan fingerprint density at radius 3 is 1.91 bits per heavy atom. The fourth-order valence-electron chi connectivity index (χ4n) is 2.90. The lowest BCUT2D eigenvalue weighted by atomic mass is 10.0. The molecule has 0 bridgehead atoms. The number of nitrogens with two attached hydrogens (primary N) is 1. The van der Waals surface area contributed by atoms with Crippen molar-refractivity contribution in [1.82, 2.24) is 5.32 Å². The maximum atomic E-state index is 10.7. The summed E-state index contributed by atoms with van der Waals surface area (Å²) < 4.78 is 11.9. The highest BCUT2D eigenvalue weighted by Gasteiger charge is 2.30. The predicted molar refractivity (Wildman–Crippen MR) is 95.4 cm³/mol. The number of unbranched alkanes of at least 4 members (excludes halogenated alkanes) is 6. The molecule has 0 radical (unpaired) electrons. The normalized spacial score (nSPS) is 11.6. The van der Waals surface area contributed by atoms with Crippen LogP contribution in [-0.4, -0.2) is 31.6 Å². The average molecular weight is 331 g/mol. The molecule has 0 spiro atoms. The van der Waals surface area contributed by atoms with Crippen LogP contribution in [0.15, 0.2) is 0 Å². The molecule has 5 heteroatoms. The molecular formula is C18H38N2O3. The smallest absolute Gasteiger partial charge is 0.312 e. The second-order valence-electron chi connectivity index (χ2n) is 6.04. The van der Waals surface area contributed by atoms with Gasteiger partial charge in [0, 0.05) is 32.6 Å². The third-order valence-electron chi connectivity index (χ3n) is 4.01. The van der Waals surface area contributed by atoms with Gasteiger partial charge >= 0.3 is 6.03 Å². The van der Waals surface area contributed by atoms with Crippen LogP contribution in [0, 0.1) is 0 Å². The Labute approximate surface area is 142 Å². The van der Waals surface area contributed by atoms with Crippen LogP contribution in [0.25, 0.3) is 0 Å². The zero-order chi connectivity index (χ0) is 17.4. The summed E-state index contributed by atoms with van der Waals surface area (Å²) in [6, 6.07) is -0.476. The van der Waals surface area contributed by atoms with Gasteiger partial charge in [0.05, 0.1) is 0 Å². The van der Waals surface area contributed by atoms with Gasteiger partial charge in [-0.1, -0.05) is 45.4 Å².